The van der Waals surface area contributed by atoms with Gasteiger partial charge in [0, 0.05) is 25.1 Å². The van der Waals surface area contributed by atoms with Gasteiger partial charge in [-0.25, -0.2) is 12.7 Å². The van der Waals surface area contributed by atoms with E-state index in [2.05, 4.69) is 0 Å². The van der Waals surface area contributed by atoms with E-state index in [1.54, 1.807) is 7.11 Å². The van der Waals surface area contributed by atoms with Crippen LogP contribution in [0.1, 0.15) is 12.8 Å². The number of sulfonamides is 1. The van der Waals surface area contributed by atoms with Crippen molar-refractivity contribution >= 4 is 10.0 Å². The van der Waals surface area contributed by atoms with Gasteiger partial charge in [0.25, 0.3) is 0 Å². The first-order chi connectivity index (χ1) is 9.49. The number of piperidine rings is 1. The zero-order valence-corrected chi connectivity index (χ0v) is 12.7. The van der Waals surface area contributed by atoms with Crippen LogP contribution in [0.4, 0.5) is 0 Å². The van der Waals surface area contributed by atoms with Crippen LogP contribution in [0.25, 0.3) is 0 Å². The standard InChI is InChI=1S/C14H21NO4S/c1-18-13-6-3-7-14(9-13)19-11-12-5-4-8-15(10-12)20(2,16)17/h3,6-7,9,12H,4-5,8,10-11H2,1-2H3. The third-order valence-corrected chi connectivity index (χ3v) is 4.75. The molecule has 0 spiro atoms. The first kappa shape index (κ1) is 15.1. The van der Waals surface area contributed by atoms with Crippen molar-refractivity contribution < 1.29 is 17.9 Å². The van der Waals surface area contributed by atoms with E-state index in [-0.39, 0.29) is 5.92 Å². The second kappa shape index (κ2) is 6.45. The van der Waals surface area contributed by atoms with E-state index in [1.807, 2.05) is 24.3 Å². The lowest BCUT2D eigenvalue weighted by Gasteiger charge is -2.30. The van der Waals surface area contributed by atoms with Gasteiger partial charge in [0.2, 0.25) is 10.0 Å². The Labute approximate surface area is 120 Å². The van der Waals surface area contributed by atoms with E-state index in [1.165, 1.54) is 10.6 Å². The fourth-order valence-corrected chi connectivity index (χ4v) is 3.31. The van der Waals surface area contributed by atoms with E-state index in [0.29, 0.717) is 19.7 Å². The molecule has 0 aliphatic carbocycles. The molecule has 1 heterocycles. The summed E-state index contributed by atoms with van der Waals surface area (Å²) in [5, 5.41) is 0. The number of benzene rings is 1. The number of rotatable bonds is 5. The maximum absolute atomic E-state index is 11.6. The summed E-state index contributed by atoms with van der Waals surface area (Å²) in [7, 11) is -1.48. The third kappa shape index (κ3) is 4.11. The van der Waals surface area contributed by atoms with Crippen LogP contribution in [-0.4, -0.2) is 45.8 Å². The lowest BCUT2D eigenvalue weighted by atomic mass is 10.0. The minimum Gasteiger partial charge on any atom is -0.497 e. The van der Waals surface area contributed by atoms with Crippen LogP contribution in [0.3, 0.4) is 0 Å². The highest BCUT2D eigenvalue weighted by atomic mass is 32.2. The number of hydrogen-bond donors (Lipinski definition) is 0. The monoisotopic (exact) mass is 299 g/mol. The quantitative estimate of drug-likeness (QED) is 0.831. The van der Waals surface area contributed by atoms with Gasteiger partial charge in [0.15, 0.2) is 0 Å². The topological polar surface area (TPSA) is 55.8 Å². The first-order valence-electron chi connectivity index (χ1n) is 6.71. The van der Waals surface area contributed by atoms with E-state index in [0.717, 1.165) is 24.3 Å². The number of hydrogen-bond acceptors (Lipinski definition) is 4. The fraction of sp³-hybridized carbons (Fsp3) is 0.571. The van der Waals surface area contributed by atoms with E-state index in [4.69, 9.17) is 9.47 Å². The van der Waals surface area contributed by atoms with Gasteiger partial charge in [0.05, 0.1) is 20.0 Å². The molecule has 0 amide bonds. The summed E-state index contributed by atoms with van der Waals surface area (Å²) in [6, 6.07) is 7.44. The van der Waals surface area contributed by atoms with Crippen LogP contribution >= 0.6 is 0 Å². The second-order valence-electron chi connectivity index (χ2n) is 5.12. The zero-order valence-electron chi connectivity index (χ0n) is 11.9. The highest BCUT2D eigenvalue weighted by molar-refractivity contribution is 7.88. The predicted octanol–water partition coefficient (Wildman–Crippen LogP) is 1.75. The summed E-state index contributed by atoms with van der Waals surface area (Å²) in [6.45, 7) is 1.69. The average Bonchev–Trinajstić information content (AvgIpc) is 2.45. The molecule has 6 heteroatoms. The Kier molecular flexibility index (Phi) is 4.88. The molecule has 1 aromatic carbocycles. The van der Waals surface area contributed by atoms with E-state index in [9.17, 15) is 8.42 Å². The van der Waals surface area contributed by atoms with Gasteiger partial charge in [0.1, 0.15) is 11.5 Å². The minimum atomic E-state index is -3.09. The summed E-state index contributed by atoms with van der Waals surface area (Å²) >= 11 is 0. The van der Waals surface area contributed by atoms with Gasteiger partial charge < -0.3 is 9.47 Å². The van der Waals surface area contributed by atoms with Gasteiger partial charge in [-0.1, -0.05) is 6.07 Å². The fourth-order valence-electron chi connectivity index (χ4n) is 2.37. The summed E-state index contributed by atoms with van der Waals surface area (Å²) < 4.78 is 35.5. The highest BCUT2D eigenvalue weighted by Crippen LogP contribution is 2.22. The van der Waals surface area contributed by atoms with Crippen molar-refractivity contribution in [3.8, 4) is 11.5 Å². The van der Waals surface area contributed by atoms with E-state index < -0.39 is 10.0 Å². The van der Waals surface area contributed by atoms with Crippen LogP contribution in [0, 0.1) is 5.92 Å². The Morgan fingerprint density at radius 2 is 2.10 bits per heavy atom. The Bertz CT molecular complexity index is 544. The van der Waals surface area contributed by atoms with Gasteiger partial charge in [-0.05, 0) is 25.0 Å². The summed E-state index contributed by atoms with van der Waals surface area (Å²) in [4.78, 5) is 0. The molecule has 112 valence electrons. The molecule has 5 nitrogen and oxygen atoms in total. The van der Waals surface area contributed by atoms with Gasteiger partial charge in [-0.2, -0.15) is 0 Å². The summed E-state index contributed by atoms with van der Waals surface area (Å²) in [6.07, 6.45) is 3.15. The Morgan fingerprint density at radius 1 is 1.35 bits per heavy atom. The number of methoxy groups -OCH3 is 1. The first-order valence-corrected chi connectivity index (χ1v) is 8.56. The predicted molar refractivity (Wildman–Crippen MR) is 77.6 cm³/mol. The summed E-state index contributed by atoms with van der Waals surface area (Å²) in [5.74, 6) is 1.74. The smallest absolute Gasteiger partial charge is 0.211 e. The highest BCUT2D eigenvalue weighted by Gasteiger charge is 2.26. The van der Waals surface area contributed by atoms with Crippen molar-refractivity contribution in [3.63, 3.8) is 0 Å². The molecule has 0 aromatic heterocycles. The van der Waals surface area contributed by atoms with Crippen molar-refractivity contribution in [2.75, 3.05) is 33.1 Å². The molecule has 0 N–H and O–H groups in total. The molecule has 1 atom stereocenters. The van der Waals surface area contributed by atoms with E-state index >= 15 is 0 Å². The van der Waals surface area contributed by atoms with Crippen LogP contribution in [-0.2, 0) is 10.0 Å². The summed E-state index contributed by atoms with van der Waals surface area (Å²) in [5.41, 5.74) is 0. The SMILES string of the molecule is COc1cccc(OCC2CCCN(S(C)(=O)=O)C2)c1. The number of ether oxygens (including phenoxy) is 2. The molecule has 1 fully saturated rings. The van der Waals surface area contributed by atoms with Crippen LogP contribution < -0.4 is 9.47 Å². The Balaban J connectivity index is 1.90. The molecule has 0 radical (unpaired) electrons. The van der Waals surface area contributed by atoms with Crippen molar-refractivity contribution in [2.24, 2.45) is 5.92 Å². The number of nitrogens with zero attached hydrogens (tertiary/aromatic N) is 1. The lowest BCUT2D eigenvalue weighted by Crippen LogP contribution is -2.40. The van der Waals surface area contributed by atoms with Crippen LogP contribution in [0.5, 0.6) is 11.5 Å². The van der Waals surface area contributed by atoms with Crippen molar-refractivity contribution in [2.45, 2.75) is 12.8 Å². The largest absolute Gasteiger partial charge is 0.497 e. The average molecular weight is 299 g/mol. The van der Waals surface area contributed by atoms with Crippen molar-refractivity contribution in [1.82, 2.24) is 4.31 Å². The van der Waals surface area contributed by atoms with Crippen LogP contribution in [0.2, 0.25) is 0 Å². The molecular formula is C14H21NO4S. The maximum atomic E-state index is 11.6. The molecule has 1 aliphatic rings. The van der Waals surface area contributed by atoms with Gasteiger partial charge in [-0.3, -0.25) is 0 Å². The second-order valence-corrected chi connectivity index (χ2v) is 7.10. The molecule has 1 unspecified atom stereocenters. The van der Waals surface area contributed by atoms with Crippen molar-refractivity contribution in [3.05, 3.63) is 24.3 Å². The molecule has 2 rings (SSSR count). The van der Waals surface area contributed by atoms with Gasteiger partial charge >= 0.3 is 0 Å². The Morgan fingerprint density at radius 3 is 2.80 bits per heavy atom. The lowest BCUT2D eigenvalue weighted by molar-refractivity contribution is 0.180. The third-order valence-electron chi connectivity index (χ3n) is 3.48. The molecule has 20 heavy (non-hydrogen) atoms. The molecular weight excluding hydrogens is 278 g/mol. The zero-order chi connectivity index (χ0) is 14.6. The normalized spacial score (nSPS) is 20.6. The Hall–Kier alpha value is -1.27. The molecule has 1 aromatic rings. The molecule has 0 bridgehead atoms. The minimum absolute atomic E-state index is 0.240. The maximum Gasteiger partial charge on any atom is 0.211 e. The van der Waals surface area contributed by atoms with Gasteiger partial charge in [-0.15, -0.1) is 0 Å². The molecule has 0 saturated carbocycles. The van der Waals surface area contributed by atoms with Crippen LogP contribution in [0.15, 0.2) is 24.3 Å². The molecule has 1 aliphatic heterocycles. The molecule has 1 saturated heterocycles. The van der Waals surface area contributed by atoms with Crippen molar-refractivity contribution in [1.29, 1.82) is 0 Å².